The van der Waals surface area contributed by atoms with E-state index in [4.69, 9.17) is 0 Å². The highest BCUT2D eigenvalue weighted by atomic mass is 32.2. The van der Waals surface area contributed by atoms with E-state index in [0.29, 0.717) is 0 Å². The molecule has 0 saturated carbocycles. The van der Waals surface area contributed by atoms with E-state index in [1.54, 1.807) is 19.3 Å². The highest BCUT2D eigenvalue weighted by Gasteiger charge is 2.06. The summed E-state index contributed by atoms with van der Waals surface area (Å²) in [5.41, 5.74) is 0.867. The monoisotopic (exact) mass is 235 g/mol. The number of aromatic nitrogens is 3. The van der Waals surface area contributed by atoms with Gasteiger partial charge in [-0.3, -0.25) is 0 Å². The van der Waals surface area contributed by atoms with Crippen LogP contribution in [0, 0.1) is 0 Å². The lowest BCUT2D eigenvalue weighted by Gasteiger charge is -2.06. The predicted octanol–water partition coefficient (Wildman–Crippen LogP) is 2.02. The van der Waals surface area contributed by atoms with Crippen molar-refractivity contribution in [3.05, 3.63) is 36.3 Å². The Bertz CT molecular complexity index is 482. The van der Waals surface area contributed by atoms with Crippen molar-refractivity contribution in [3.63, 3.8) is 0 Å². The van der Waals surface area contributed by atoms with Gasteiger partial charge in [0.15, 0.2) is 5.16 Å². The maximum Gasteiger partial charge on any atom is 0.174 e. The molecule has 0 bridgehead atoms. The molecule has 0 spiro atoms. The summed E-state index contributed by atoms with van der Waals surface area (Å²) >= 11 is 1.48. The molecule has 0 amide bonds. The number of aliphatic hydroxyl groups excluding tert-OH is 1. The Morgan fingerprint density at radius 2 is 2.19 bits per heavy atom. The van der Waals surface area contributed by atoms with Crippen molar-refractivity contribution in [2.75, 3.05) is 0 Å². The van der Waals surface area contributed by atoms with Crippen LogP contribution in [0.3, 0.4) is 0 Å². The molecule has 84 valence electrons. The molecule has 0 aliphatic carbocycles. The van der Waals surface area contributed by atoms with E-state index in [0.717, 1.165) is 15.7 Å². The van der Waals surface area contributed by atoms with Crippen molar-refractivity contribution in [1.82, 2.24) is 14.5 Å². The first kappa shape index (κ1) is 11.2. The number of aryl methyl sites for hydroxylation is 1. The fraction of sp³-hybridized carbons (Fsp3) is 0.273. The molecule has 0 fully saturated rings. The topological polar surface area (TPSA) is 50.9 Å². The fourth-order valence-corrected chi connectivity index (χ4v) is 2.10. The smallest absolute Gasteiger partial charge is 0.174 e. The van der Waals surface area contributed by atoms with E-state index in [-0.39, 0.29) is 0 Å². The summed E-state index contributed by atoms with van der Waals surface area (Å²) in [7, 11) is 1.94. The lowest BCUT2D eigenvalue weighted by molar-refractivity contribution is 0.199. The molecule has 2 rings (SSSR count). The van der Waals surface area contributed by atoms with E-state index in [2.05, 4.69) is 9.97 Å². The first-order chi connectivity index (χ1) is 7.66. The molecule has 4 nitrogen and oxygen atoms in total. The first-order valence-electron chi connectivity index (χ1n) is 4.96. The van der Waals surface area contributed by atoms with Gasteiger partial charge in [0.05, 0.1) is 6.10 Å². The lowest BCUT2D eigenvalue weighted by atomic mass is 10.2. The molecule has 0 saturated heterocycles. The largest absolute Gasteiger partial charge is 0.389 e. The van der Waals surface area contributed by atoms with Crippen LogP contribution in [-0.2, 0) is 7.05 Å². The second-order valence-corrected chi connectivity index (χ2v) is 4.51. The van der Waals surface area contributed by atoms with Crippen LogP contribution in [-0.4, -0.2) is 19.6 Å². The minimum absolute atomic E-state index is 0.469. The van der Waals surface area contributed by atoms with Gasteiger partial charge >= 0.3 is 0 Å². The van der Waals surface area contributed by atoms with E-state index in [1.807, 2.05) is 29.9 Å². The van der Waals surface area contributed by atoms with Gasteiger partial charge in [0.25, 0.3) is 0 Å². The number of nitrogens with zero attached hydrogens (tertiary/aromatic N) is 3. The minimum atomic E-state index is -0.469. The zero-order chi connectivity index (χ0) is 11.5. The summed E-state index contributed by atoms with van der Waals surface area (Å²) in [5, 5.41) is 11.2. The fourth-order valence-electron chi connectivity index (χ4n) is 1.28. The normalized spacial score (nSPS) is 12.7. The van der Waals surface area contributed by atoms with Gasteiger partial charge in [-0.1, -0.05) is 0 Å². The molecule has 0 aliphatic rings. The van der Waals surface area contributed by atoms with Crippen molar-refractivity contribution < 1.29 is 5.11 Å². The van der Waals surface area contributed by atoms with Gasteiger partial charge in [0.2, 0.25) is 0 Å². The van der Waals surface area contributed by atoms with Crippen LogP contribution >= 0.6 is 11.8 Å². The van der Waals surface area contributed by atoms with E-state index >= 15 is 0 Å². The number of imidazole rings is 1. The average molecular weight is 235 g/mol. The zero-order valence-electron chi connectivity index (χ0n) is 9.16. The summed E-state index contributed by atoms with van der Waals surface area (Å²) in [6, 6.07) is 3.69. The molecule has 0 radical (unpaired) electrons. The van der Waals surface area contributed by atoms with Crippen LogP contribution in [0.2, 0.25) is 0 Å². The molecule has 5 heteroatoms. The highest BCUT2D eigenvalue weighted by molar-refractivity contribution is 7.99. The van der Waals surface area contributed by atoms with Gasteiger partial charge in [-0.05, 0) is 36.4 Å². The highest BCUT2D eigenvalue weighted by Crippen LogP contribution is 2.25. The maximum absolute atomic E-state index is 9.47. The Kier molecular flexibility index (Phi) is 3.26. The van der Waals surface area contributed by atoms with Crippen molar-refractivity contribution >= 4 is 11.8 Å². The second kappa shape index (κ2) is 4.67. The van der Waals surface area contributed by atoms with E-state index < -0.39 is 6.10 Å². The summed E-state index contributed by atoms with van der Waals surface area (Å²) < 4.78 is 1.93. The zero-order valence-corrected chi connectivity index (χ0v) is 9.98. The lowest BCUT2D eigenvalue weighted by Crippen LogP contribution is -1.94. The SMILES string of the molecule is CC(O)c1ccnc(Sc2nccn2C)c1. The summed E-state index contributed by atoms with van der Waals surface area (Å²) in [4.78, 5) is 8.45. The molecule has 1 unspecified atom stereocenters. The average Bonchev–Trinajstić information content (AvgIpc) is 2.65. The number of hydrogen-bond acceptors (Lipinski definition) is 4. The molecule has 16 heavy (non-hydrogen) atoms. The van der Waals surface area contributed by atoms with E-state index in [9.17, 15) is 5.11 Å². The molecule has 2 aromatic rings. The van der Waals surface area contributed by atoms with Crippen LogP contribution in [0.1, 0.15) is 18.6 Å². The van der Waals surface area contributed by atoms with Crippen LogP contribution in [0.25, 0.3) is 0 Å². The van der Waals surface area contributed by atoms with Crippen LogP contribution in [0.5, 0.6) is 0 Å². The molecule has 1 N–H and O–H groups in total. The molecule has 0 aliphatic heterocycles. The Hall–Kier alpha value is -1.33. The third-order valence-electron chi connectivity index (χ3n) is 2.21. The standard InChI is InChI=1S/C11H13N3OS/c1-8(15)9-3-4-12-10(7-9)16-11-13-5-6-14(11)2/h3-8,15H,1-2H3. The number of aliphatic hydroxyl groups is 1. The third kappa shape index (κ3) is 2.43. The number of rotatable bonds is 3. The van der Waals surface area contributed by atoms with Gasteiger partial charge in [-0.25, -0.2) is 9.97 Å². The maximum atomic E-state index is 9.47. The molecule has 2 heterocycles. The van der Waals surface area contributed by atoms with Crippen molar-refractivity contribution in [1.29, 1.82) is 0 Å². The van der Waals surface area contributed by atoms with Gasteiger partial charge < -0.3 is 9.67 Å². The summed E-state index contributed by atoms with van der Waals surface area (Å²) in [6.45, 7) is 1.74. The van der Waals surface area contributed by atoms with Crippen molar-refractivity contribution in [2.24, 2.45) is 7.05 Å². The van der Waals surface area contributed by atoms with Gasteiger partial charge in [-0.15, -0.1) is 0 Å². The first-order valence-corrected chi connectivity index (χ1v) is 5.77. The Morgan fingerprint density at radius 1 is 1.38 bits per heavy atom. The predicted molar refractivity (Wildman–Crippen MR) is 62.2 cm³/mol. The molecular formula is C11H13N3OS. The van der Waals surface area contributed by atoms with Gasteiger partial charge in [0.1, 0.15) is 5.03 Å². The Morgan fingerprint density at radius 3 is 2.81 bits per heavy atom. The summed E-state index contributed by atoms with van der Waals surface area (Å²) in [5.74, 6) is 0. The summed E-state index contributed by atoms with van der Waals surface area (Å²) in [6.07, 6.45) is 4.87. The third-order valence-corrected chi connectivity index (χ3v) is 3.22. The molecule has 2 aromatic heterocycles. The van der Waals surface area contributed by atoms with Crippen LogP contribution in [0.4, 0.5) is 0 Å². The number of hydrogen-bond donors (Lipinski definition) is 1. The second-order valence-electron chi connectivity index (χ2n) is 3.53. The molecule has 0 aromatic carbocycles. The van der Waals surface area contributed by atoms with Crippen molar-refractivity contribution in [3.8, 4) is 0 Å². The molecular weight excluding hydrogens is 222 g/mol. The van der Waals surface area contributed by atoms with Gasteiger partial charge in [0, 0.05) is 25.6 Å². The Labute approximate surface area is 98.4 Å². The van der Waals surface area contributed by atoms with Crippen LogP contribution in [0.15, 0.2) is 40.9 Å². The number of pyridine rings is 1. The van der Waals surface area contributed by atoms with E-state index in [1.165, 1.54) is 11.8 Å². The Balaban J connectivity index is 2.22. The minimum Gasteiger partial charge on any atom is -0.389 e. The van der Waals surface area contributed by atoms with Crippen LogP contribution < -0.4 is 0 Å². The van der Waals surface area contributed by atoms with Crippen molar-refractivity contribution in [2.45, 2.75) is 23.2 Å². The quantitative estimate of drug-likeness (QED) is 0.884. The van der Waals surface area contributed by atoms with Gasteiger partial charge in [-0.2, -0.15) is 0 Å². The molecule has 1 atom stereocenters.